The first kappa shape index (κ1) is 14.5. The van der Waals surface area contributed by atoms with E-state index < -0.39 is 0 Å². The maximum absolute atomic E-state index is 9.06. The fourth-order valence-electron chi connectivity index (χ4n) is 2.80. The number of fused-ring (bicyclic) bond motifs is 1. The number of nitrogens with one attached hydrogen (secondary N) is 1. The Morgan fingerprint density at radius 1 is 1.26 bits per heavy atom. The van der Waals surface area contributed by atoms with Crippen molar-refractivity contribution >= 4 is 0 Å². The summed E-state index contributed by atoms with van der Waals surface area (Å²) in [6.07, 6.45) is 4.65. The lowest BCUT2D eigenvalue weighted by molar-refractivity contribution is 0.204. The highest BCUT2D eigenvalue weighted by Gasteiger charge is 2.19. The van der Waals surface area contributed by atoms with Crippen LogP contribution in [0.1, 0.15) is 56.3 Å². The van der Waals surface area contributed by atoms with Crippen LogP contribution >= 0.6 is 0 Å². The monoisotopic (exact) mass is 261 g/mol. The molecule has 1 aliphatic rings. The third-order valence-electron chi connectivity index (χ3n) is 4.30. The van der Waals surface area contributed by atoms with E-state index in [2.05, 4.69) is 44.3 Å². The summed E-state index contributed by atoms with van der Waals surface area (Å²) < 4.78 is 0. The molecule has 2 nitrogen and oxygen atoms in total. The van der Waals surface area contributed by atoms with Crippen LogP contribution in [0.5, 0.6) is 0 Å². The van der Waals surface area contributed by atoms with E-state index >= 15 is 0 Å². The lowest BCUT2D eigenvalue weighted by atomic mass is 9.89. The van der Waals surface area contributed by atoms with E-state index in [9.17, 15) is 0 Å². The zero-order chi connectivity index (χ0) is 13.9. The summed E-state index contributed by atoms with van der Waals surface area (Å²) >= 11 is 0. The molecule has 1 aromatic carbocycles. The molecule has 0 saturated heterocycles. The molecule has 1 aromatic rings. The Kier molecular flexibility index (Phi) is 4.64. The van der Waals surface area contributed by atoms with Gasteiger partial charge in [-0.05, 0) is 54.7 Å². The van der Waals surface area contributed by atoms with Crippen molar-refractivity contribution in [3.8, 4) is 0 Å². The Morgan fingerprint density at radius 2 is 2.00 bits per heavy atom. The van der Waals surface area contributed by atoms with Crippen LogP contribution in [0.2, 0.25) is 0 Å². The molecule has 0 fully saturated rings. The summed E-state index contributed by atoms with van der Waals surface area (Å²) in [5, 5.41) is 12.7. The van der Waals surface area contributed by atoms with Gasteiger partial charge in [0.05, 0.1) is 0 Å². The number of aliphatic hydroxyl groups is 1. The summed E-state index contributed by atoms with van der Waals surface area (Å²) in [6, 6.07) is 7.32. The van der Waals surface area contributed by atoms with E-state index in [1.165, 1.54) is 30.4 Å². The predicted molar refractivity (Wildman–Crippen MR) is 80.4 cm³/mol. The molecule has 1 aliphatic carbocycles. The fourth-order valence-corrected chi connectivity index (χ4v) is 2.80. The van der Waals surface area contributed by atoms with Crippen molar-refractivity contribution in [3.05, 3.63) is 34.9 Å². The summed E-state index contributed by atoms with van der Waals surface area (Å²) in [6.45, 7) is 7.83. The van der Waals surface area contributed by atoms with E-state index in [4.69, 9.17) is 5.11 Å². The molecule has 2 N–H and O–H groups in total. The quantitative estimate of drug-likeness (QED) is 0.824. The predicted octanol–water partition coefficient (Wildman–Crippen LogP) is 3.23. The Balaban J connectivity index is 1.95. The van der Waals surface area contributed by atoms with Gasteiger partial charge in [-0.25, -0.2) is 0 Å². The molecule has 0 aromatic heterocycles. The van der Waals surface area contributed by atoms with Crippen molar-refractivity contribution in [2.75, 3.05) is 13.2 Å². The Labute approximate surface area is 117 Å². The number of hydrogen-bond acceptors (Lipinski definition) is 2. The van der Waals surface area contributed by atoms with Crippen molar-refractivity contribution in [3.63, 3.8) is 0 Å². The standard InChI is InChI=1S/C17H27NO/c1-13(18-12-17(2,3)9-10-19)15-8-7-14-5-4-6-16(14)11-15/h7-8,11,13,18-19H,4-6,9-10,12H2,1-3H3. The van der Waals surface area contributed by atoms with Crippen LogP contribution in [-0.2, 0) is 12.8 Å². The molecule has 0 bridgehead atoms. The SMILES string of the molecule is CC(NCC(C)(C)CCO)c1ccc2c(c1)CCC2. The molecule has 2 rings (SSSR count). The van der Waals surface area contributed by atoms with Gasteiger partial charge in [0.2, 0.25) is 0 Å². The first-order valence-corrected chi connectivity index (χ1v) is 7.48. The van der Waals surface area contributed by atoms with Crippen molar-refractivity contribution in [1.29, 1.82) is 0 Å². The summed E-state index contributed by atoms with van der Waals surface area (Å²) in [7, 11) is 0. The molecule has 0 radical (unpaired) electrons. The second-order valence-corrected chi connectivity index (χ2v) is 6.62. The van der Waals surface area contributed by atoms with Gasteiger partial charge >= 0.3 is 0 Å². The average molecular weight is 261 g/mol. The maximum Gasteiger partial charge on any atom is 0.0436 e. The number of aliphatic hydroxyl groups excluding tert-OH is 1. The van der Waals surface area contributed by atoms with E-state index in [0.717, 1.165) is 13.0 Å². The molecule has 0 spiro atoms. The highest BCUT2D eigenvalue weighted by Crippen LogP contribution is 2.26. The van der Waals surface area contributed by atoms with Gasteiger partial charge in [-0.1, -0.05) is 32.0 Å². The molecule has 19 heavy (non-hydrogen) atoms. The van der Waals surface area contributed by atoms with Gasteiger partial charge in [-0.15, -0.1) is 0 Å². The molecule has 0 amide bonds. The summed E-state index contributed by atoms with van der Waals surface area (Å²) in [4.78, 5) is 0. The minimum Gasteiger partial charge on any atom is -0.396 e. The van der Waals surface area contributed by atoms with Crippen LogP contribution < -0.4 is 5.32 Å². The molecule has 0 aliphatic heterocycles. The number of aryl methyl sites for hydroxylation is 2. The smallest absolute Gasteiger partial charge is 0.0436 e. The number of hydrogen-bond donors (Lipinski definition) is 2. The number of rotatable bonds is 6. The third kappa shape index (κ3) is 3.80. The van der Waals surface area contributed by atoms with Gasteiger partial charge < -0.3 is 10.4 Å². The average Bonchev–Trinajstić information content (AvgIpc) is 2.83. The van der Waals surface area contributed by atoms with E-state index in [-0.39, 0.29) is 12.0 Å². The zero-order valence-electron chi connectivity index (χ0n) is 12.5. The lowest BCUT2D eigenvalue weighted by Crippen LogP contribution is -2.32. The summed E-state index contributed by atoms with van der Waals surface area (Å²) in [5.74, 6) is 0. The second kappa shape index (κ2) is 6.06. The molecule has 0 saturated carbocycles. The van der Waals surface area contributed by atoms with Crippen LogP contribution in [0.3, 0.4) is 0 Å². The largest absolute Gasteiger partial charge is 0.396 e. The van der Waals surface area contributed by atoms with Gasteiger partial charge in [0.25, 0.3) is 0 Å². The van der Waals surface area contributed by atoms with Crippen molar-refractivity contribution in [2.45, 2.75) is 52.5 Å². The van der Waals surface area contributed by atoms with Gasteiger partial charge in [0, 0.05) is 19.2 Å². The van der Waals surface area contributed by atoms with Gasteiger partial charge in [0.15, 0.2) is 0 Å². The van der Waals surface area contributed by atoms with Crippen LogP contribution in [-0.4, -0.2) is 18.3 Å². The first-order valence-electron chi connectivity index (χ1n) is 7.48. The molecule has 0 heterocycles. The van der Waals surface area contributed by atoms with Gasteiger partial charge in [0.1, 0.15) is 0 Å². The highest BCUT2D eigenvalue weighted by molar-refractivity contribution is 5.36. The maximum atomic E-state index is 9.06. The van der Waals surface area contributed by atoms with E-state index in [0.29, 0.717) is 6.04 Å². The molecule has 2 heteroatoms. The van der Waals surface area contributed by atoms with Crippen LogP contribution in [0.4, 0.5) is 0 Å². The molecule has 1 atom stereocenters. The Morgan fingerprint density at radius 3 is 2.74 bits per heavy atom. The Bertz CT molecular complexity index is 425. The van der Waals surface area contributed by atoms with E-state index in [1.54, 1.807) is 5.56 Å². The molecular formula is C17H27NO. The number of benzene rings is 1. The van der Waals surface area contributed by atoms with Crippen LogP contribution in [0.25, 0.3) is 0 Å². The zero-order valence-corrected chi connectivity index (χ0v) is 12.5. The third-order valence-corrected chi connectivity index (χ3v) is 4.30. The minimum absolute atomic E-state index is 0.153. The second-order valence-electron chi connectivity index (χ2n) is 6.62. The molecule has 1 unspecified atom stereocenters. The minimum atomic E-state index is 0.153. The van der Waals surface area contributed by atoms with Crippen LogP contribution in [0.15, 0.2) is 18.2 Å². The highest BCUT2D eigenvalue weighted by atomic mass is 16.3. The lowest BCUT2D eigenvalue weighted by Gasteiger charge is -2.26. The first-order chi connectivity index (χ1) is 9.02. The molecule has 106 valence electrons. The fraction of sp³-hybridized carbons (Fsp3) is 0.647. The Hall–Kier alpha value is -0.860. The normalized spacial score (nSPS) is 16.4. The molecular weight excluding hydrogens is 234 g/mol. The van der Waals surface area contributed by atoms with E-state index in [1.807, 2.05) is 0 Å². The topological polar surface area (TPSA) is 32.3 Å². The van der Waals surface area contributed by atoms with Gasteiger partial charge in [-0.3, -0.25) is 0 Å². The van der Waals surface area contributed by atoms with Crippen molar-refractivity contribution < 1.29 is 5.11 Å². The van der Waals surface area contributed by atoms with Crippen molar-refractivity contribution in [1.82, 2.24) is 5.32 Å². The summed E-state index contributed by atoms with van der Waals surface area (Å²) in [5.41, 5.74) is 4.62. The van der Waals surface area contributed by atoms with Gasteiger partial charge in [-0.2, -0.15) is 0 Å². The van der Waals surface area contributed by atoms with Crippen molar-refractivity contribution in [2.24, 2.45) is 5.41 Å². The van der Waals surface area contributed by atoms with Crippen LogP contribution in [0, 0.1) is 5.41 Å².